The molecule has 2 aromatic heterocycles. The molecule has 0 aromatic carbocycles. The predicted octanol–water partition coefficient (Wildman–Crippen LogP) is 3.56. The van der Waals surface area contributed by atoms with Gasteiger partial charge < -0.3 is 4.74 Å². The second-order valence-electron chi connectivity index (χ2n) is 3.33. The minimum atomic E-state index is 0.513. The number of aromatic nitrogens is 1. The van der Waals surface area contributed by atoms with E-state index in [1.165, 1.54) is 4.88 Å². The maximum Gasteiger partial charge on any atom is 0.129 e. The lowest BCUT2D eigenvalue weighted by Gasteiger charge is -2.02. The van der Waals surface area contributed by atoms with Gasteiger partial charge in [-0.2, -0.15) is 0 Å². The molecule has 0 atom stereocenters. The van der Waals surface area contributed by atoms with Crippen molar-refractivity contribution in [3.63, 3.8) is 0 Å². The topological polar surface area (TPSA) is 22.1 Å². The number of hydrogen-bond donors (Lipinski definition) is 0. The van der Waals surface area contributed by atoms with Crippen molar-refractivity contribution < 1.29 is 4.74 Å². The number of ether oxygens (including phenoxy) is 1. The largest absolute Gasteiger partial charge is 0.375 e. The summed E-state index contributed by atoms with van der Waals surface area (Å²) in [4.78, 5) is 5.50. The first kappa shape index (κ1) is 11.6. The summed E-state index contributed by atoms with van der Waals surface area (Å²) in [5, 5.41) is 2.59. The summed E-state index contributed by atoms with van der Waals surface area (Å²) < 4.78 is 5.53. The average molecular weight is 254 g/mol. The normalized spacial score (nSPS) is 10.6. The van der Waals surface area contributed by atoms with Crippen LogP contribution in [-0.4, -0.2) is 11.6 Å². The number of pyridine rings is 1. The van der Waals surface area contributed by atoms with E-state index in [4.69, 9.17) is 16.3 Å². The molecule has 0 N–H and O–H groups in total. The van der Waals surface area contributed by atoms with E-state index in [9.17, 15) is 0 Å². The number of rotatable bonds is 5. The summed E-state index contributed by atoms with van der Waals surface area (Å²) in [6.45, 7) is 1.24. The van der Waals surface area contributed by atoms with Crippen LogP contribution in [0, 0.1) is 0 Å². The predicted molar refractivity (Wildman–Crippen MR) is 66.9 cm³/mol. The highest BCUT2D eigenvalue weighted by atomic mass is 35.5. The number of halogens is 1. The van der Waals surface area contributed by atoms with Crippen LogP contribution in [0.3, 0.4) is 0 Å². The lowest BCUT2D eigenvalue weighted by atomic mass is 10.3. The van der Waals surface area contributed by atoms with Gasteiger partial charge in [0.25, 0.3) is 0 Å². The molecule has 2 heterocycles. The molecule has 0 aliphatic heterocycles. The zero-order valence-electron chi connectivity index (χ0n) is 8.73. The molecule has 2 rings (SSSR count). The summed E-state index contributed by atoms with van der Waals surface area (Å²) in [5.74, 6) is 0. The van der Waals surface area contributed by atoms with Crippen molar-refractivity contribution in [1.29, 1.82) is 0 Å². The molecule has 0 saturated carbocycles. The third-order valence-corrected chi connectivity index (χ3v) is 3.24. The van der Waals surface area contributed by atoms with Crippen molar-refractivity contribution in [3.8, 4) is 0 Å². The average Bonchev–Trinajstić information content (AvgIpc) is 2.77. The third kappa shape index (κ3) is 3.59. The molecular formula is C12H12ClNOS. The van der Waals surface area contributed by atoms with Crippen LogP contribution < -0.4 is 0 Å². The zero-order chi connectivity index (χ0) is 11.2. The van der Waals surface area contributed by atoms with Crippen molar-refractivity contribution in [3.05, 3.63) is 51.4 Å². The summed E-state index contributed by atoms with van der Waals surface area (Å²) in [7, 11) is 0. The Hall–Kier alpha value is -0.900. The van der Waals surface area contributed by atoms with Gasteiger partial charge in [-0.3, -0.25) is 0 Å². The maximum atomic E-state index is 5.77. The lowest BCUT2D eigenvalue weighted by Crippen LogP contribution is -1.99. The molecule has 0 saturated heterocycles. The molecule has 0 spiro atoms. The molecule has 4 heteroatoms. The molecule has 84 valence electrons. The highest BCUT2D eigenvalue weighted by molar-refractivity contribution is 7.09. The minimum Gasteiger partial charge on any atom is -0.375 e. The van der Waals surface area contributed by atoms with E-state index >= 15 is 0 Å². The first-order valence-electron chi connectivity index (χ1n) is 5.06. The van der Waals surface area contributed by atoms with Gasteiger partial charge in [-0.1, -0.05) is 23.7 Å². The van der Waals surface area contributed by atoms with Crippen LogP contribution in [0.1, 0.15) is 10.6 Å². The molecule has 0 unspecified atom stereocenters. The molecule has 2 aromatic rings. The van der Waals surface area contributed by atoms with Gasteiger partial charge in [0.05, 0.1) is 18.9 Å². The van der Waals surface area contributed by atoms with Crippen molar-refractivity contribution in [1.82, 2.24) is 4.98 Å². The van der Waals surface area contributed by atoms with E-state index in [-0.39, 0.29) is 0 Å². The maximum absolute atomic E-state index is 5.77. The third-order valence-electron chi connectivity index (χ3n) is 2.10. The van der Waals surface area contributed by atoms with Gasteiger partial charge in [0.15, 0.2) is 0 Å². The summed E-state index contributed by atoms with van der Waals surface area (Å²) in [6, 6.07) is 9.73. The molecule has 0 radical (unpaired) electrons. The van der Waals surface area contributed by atoms with Gasteiger partial charge in [0, 0.05) is 11.3 Å². The molecule has 0 aliphatic rings. The van der Waals surface area contributed by atoms with Crippen LogP contribution in [0.15, 0.2) is 35.7 Å². The highest BCUT2D eigenvalue weighted by Crippen LogP contribution is 2.10. The van der Waals surface area contributed by atoms with Gasteiger partial charge in [-0.15, -0.1) is 11.3 Å². The Bertz CT molecular complexity index is 430. The zero-order valence-corrected chi connectivity index (χ0v) is 10.3. The fourth-order valence-corrected chi connectivity index (χ4v) is 2.21. The number of nitrogens with zero attached hydrogens (tertiary/aromatic N) is 1. The molecular weight excluding hydrogens is 242 g/mol. The quantitative estimate of drug-likeness (QED) is 0.601. The van der Waals surface area contributed by atoms with Crippen LogP contribution in [0.2, 0.25) is 5.15 Å². The number of thiophene rings is 1. The smallest absolute Gasteiger partial charge is 0.129 e. The Morgan fingerprint density at radius 3 is 2.94 bits per heavy atom. The summed E-state index contributed by atoms with van der Waals surface area (Å²) in [6.07, 6.45) is 0.957. The Labute approximate surface area is 104 Å². The van der Waals surface area contributed by atoms with Gasteiger partial charge >= 0.3 is 0 Å². The van der Waals surface area contributed by atoms with Crippen LogP contribution in [0.25, 0.3) is 0 Å². The minimum absolute atomic E-state index is 0.513. The summed E-state index contributed by atoms with van der Waals surface area (Å²) in [5.41, 5.74) is 0.874. The van der Waals surface area contributed by atoms with Gasteiger partial charge in [0.1, 0.15) is 5.15 Å². The first-order chi connectivity index (χ1) is 7.84. The molecule has 0 amide bonds. The standard InChI is InChI=1S/C12H12ClNOS/c13-12-5-1-3-10(14-12)9-15-7-6-11-4-2-8-16-11/h1-5,8H,6-7,9H2. The Morgan fingerprint density at radius 1 is 1.25 bits per heavy atom. The van der Waals surface area contributed by atoms with Crippen LogP contribution in [-0.2, 0) is 17.8 Å². The van der Waals surface area contributed by atoms with Crippen LogP contribution in [0.5, 0.6) is 0 Å². The fraction of sp³-hybridized carbons (Fsp3) is 0.250. The molecule has 16 heavy (non-hydrogen) atoms. The van der Waals surface area contributed by atoms with Crippen molar-refractivity contribution in [2.45, 2.75) is 13.0 Å². The highest BCUT2D eigenvalue weighted by Gasteiger charge is 1.97. The number of hydrogen-bond acceptors (Lipinski definition) is 3. The van der Waals surface area contributed by atoms with Crippen molar-refractivity contribution >= 4 is 22.9 Å². The molecule has 0 fully saturated rings. The van der Waals surface area contributed by atoms with Crippen molar-refractivity contribution in [2.24, 2.45) is 0 Å². The van der Waals surface area contributed by atoms with E-state index < -0.39 is 0 Å². The van der Waals surface area contributed by atoms with Gasteiger partial charge in [0.2, 0.25) is 0 Å². The van der Waals surface area contributed by atoms with E-state index in [1.807, 2.05) is 12.1 Å². The molecule has 0 aliphatic carbocycles. The van der Waals surface area contributed by atoms with Crippen molar-refractivity contribution in [2.75, 3.05) is 6.61 Å². The SMILES string of the molecule is Clc1cccc(COCCc2cccs2)n1. The molecule has 2 nitrogen and oxygen atoms in total. The van der Waals surface area contributed by atoms with Crippen LogP contribution >= 0.6 is 22.9 Å². The summed E-state index contributed by atoms with van der Waals surface area (Å²) >= 11 is 7.53. The second kappa shape index (κ2) is 5.99. The Morgan fingerprint density at radius 2 is 2.19 bits per heavy atom. The lowest BCUT2D eigenvalue weighted by molar-refractivity contribution is 0.121. The Kier molecular flexibility index (Phi) is 4.34. The monoisotopic (exact) mass is 253 g/mol. The van der Waals surface area contributed by atoms with E-state index in [1.54, 1.807) is 17.4 Å². The second-order valence-corrected chi connectivity index (χ2v) is 4.75. The van der Waals surface area contributed by atoms with E-state index in [0.717, 1.165) is 12.1 Å². The van der Waals surface area contributed by atoms with E-state index in [2.05, 4.69) is 22.5 Å². The van der Waals surface area contributed by atoms with E-state index in [0.29, 0.717) is 18.4 Å². The fourth-order valence-electron chi connectivity index (χ4n) is 1.34. The van der Waals surface area contributed by atoms with Crippen LogP contribution in [0.4, 0.5) is 0 Å². The first-order valence-corrected chi connectivity index (χ1v) is 6.32. The Balaban J connectivity index is 1.72. The van der Waals surface area contributed by atoms with Gasteiger partial charge in [-0.05, 0) is 23.6 Å². The molecule has 0 bridgehead atoms. The van der Waals surface area contributed by atoms with Gasteiger partial charge in [-0.25, -0.2) is 4.98 Å².